The van der Waals surface area contributed by atoms with Gasteiger partial charge in [0, 0.05) is 24.8 Å². The Balaban J connectivity index is 1.54. The van der Waals surface area contributed by atoms with E-state index in [9.17, 15) is 0 Å². The van der Waals surface area contributed by atoms with E-state index < -0.39 is 0 Å². The van der Waals surface area contributed by atoms with Crippen LogP contribution in [0.1, 0.15) is 0 Å². The van der Waals surface area contributed by atoms with Crippen molar-refractivity contribution in [2.45, 2.75) is 0 Å². The summed E-state index contributed by atoms with van der Waals surface area (Å²) >= 11 is 0. The zero-order valence-electron chi connectivity index (χ0n) is 25.1. The molecule has 0 radical (unpaired) electrons. The number of hydrogen-bond acceptors (Lipinski definition) is 2. The van der Waals surface area contributed by atoms with Crippen LogP contribution in [0.5, 0.6) is 0 Å². The fourth-order valence-electron chi connectivity index (χ4n) is 7.38. The van der Waals surface area contributed by atoms with Gasteiger partial charge in [0.25, 0.3) is 0 Å². The van der Waals surface area contributed by atoms with Crippen LogP contribution in [0.25, 0.3) is 88.7 Å². The van der Waals surface area contributed by atoms with Gasteiger partial charge in [-0.1, -0.05) is 121 Å². The smallest absolute Gasteiger partial charge is 0.0273 e. The zero-order valence-corrected chi connectivity index (χ0v) is 25.1. The van der Waals surface area contributed by atoms with Crippen molar-refractivity contribution >= 4 is 10.8 Å². The lowest BCUT2D eigenvalue weighted by atomic mass is 9.77. The summed E-state index contributed by atoms with van der Waals surface area (Å²) in [6.07, 6.45) is 7.60. The molecule has 0 N–H and O–H groups in total. The van der Waals surface area contributed by atoms with Crippen LogP contribution in [0.2, 0.25) is 0 Å². The van der Waals surface area contributed by atoms with Crippen LogP contribution in [0.4, 0.5) is 0 Å². The highest BCUT2D eigenvalue weighted by atomic mass is 14.6. The Morgan fingerprint density at radius 3 is 1.15 bits per heavy atom. The molecule has 0 aliphatic heterocycles. The highest BCUT2D eigenvalue weighted by Crippen LogP contribution is 2.61. The maximum Gasteiger partial charge on any atom is 0.0273 e. The van der Waals surface area contributed by atoms with Crippen LogP contribution in [0, 0.1) is 0 Å². The molecule has 2 aromatic heterocycles. The third kappa shape index (κ3) is 4.04. The molecule has 6 aromatic carbocycles. The van der Waals surface area contributed by atoms with E-state index in [2.05, 4.69) is 156 Å². The van der Waals surface area contributed by atoms with Crippen LogP contribution in [-0.4, -0.2) is 9.97 Å². The van der Waals surface area contributed by atoms with E-state index in [1.54, 1.807) is 0 Å². The minimum absolute atomic E-state index is 1.13. The second-order valence-corrected chi connectivity index (χ2v) is 11.7. The SMILES string of the molecule is c1ccc(-c2c(-c3ccncc3)c(-c3ccncc3)c(-c3ccccc3)c3c2-c2cccc4c(-c5ccccc5)ccc-3c24)cc1. The number of fused-ring (bicyclic) bond motifs is 3. The fraction of sp³-hybridized carbons (Fsp3) is 0. The molecule has 1 aliphatic rings. The van der Waals surface area contributed by atoms with Crippen molar-refractivity contribution in [3.63, 3.8) is 0 Å². The van der Waals surface area contributed by atoms with Gasteiger partial charge < -0.3 is 0 Å². The van der Waals surface area contributed by atoms with Gasteiger partial charge in [-0.25, -0.2) is 0 Å². The van der Waals surface area contributed by atoms with Gasteiger partial charge in [-0.05, 0) is 113 Å². The van der Waals surface area contributed by atoms with Crippen molar-refractivity contribution < 1.29 is 0 Å². The van der Waals surface area contributed by atoms with Crippen molar-refractivity contribution in [1.82, 2.24) is 9.97 Å². The fourth-order valence-corrected chi connectivity index (χ4v) is 7.38. The lowest BCUT2D eigenvalue weighted by Crippen LogP contribution is -1.99. The minimum atomic E-state index is 1.13. The summed E-state index contributed by atoms with van der Waals surface area (Å²) in [5.74, 6) is 0. The number of hydrogen-bond donors (Lipinski definition) is 0. The Hall–Kier alpha value is -6.12. The molecule has 46 heavy (non-hydrogen) atoms. The van der Waals surface area contributed by atoms with Crippen molar-refractivity contribution in [2.24, 2.45) is 0 Å². The van der Waals surface area contributed by atoms with E-state index in [0.29, 0.717) is 0 Å². The van der Waals surface area contributed by atoms with Crippen LogP contribution in [-0.2, 0) is 0 Å². The van der Waals surface area contributed by atoms with Crippen molar-refractivity contribution in [3.05, 3.63) is 170 Å². The Kier molecular flexibility index (Phi) is 6.17. The first-order valence-corrected chi connectivity index (χ1v) is 15.7. The molecule has 2 heteroatoms. The zero-order chi connectivity index (χ0) is 30.5. The topological polar surface area (TPSA) is 25.8 Å². The summed E-state index contributed by atoms with van der Waals surface area (Å²) < 4.78 is 0. The van der Waals surface area contributed by atoms with Crippen LogP contribution in [0.3, 0.4) is 0 Å². The highest BCUT2D eigenvalue weighted by Gasteiger charge is 2.34. The molecule has 1 aliphatic carbocycles. The maximum atomic E-state index is 4.42. The Morgan fingerprint density at radius 1 is 0.261 bits per heavy atom. The van der Waals surface area contributed by atoms with Gasteiger partial charge in [0.1, 0.15) is 0 Å². The van der Waals surface area contributed by atoms with Gasteiger partial charge in [-0.2, -0.15) is 0 Å². The number of aromatic nitrogens is 2. The number of rotatable bonds is 5. The highest BCUT2D eigenvalue weighted by molar-refractivity contribution is 6.27. The predicted octanol–water partition coefficient (Wildman–Crippen LogP) is 11.6. The van der Waals surface area contributed by atoms with Gasteiger partial charge in [0.2, 0.25) is 0 Å². The minimum Gasteiger partial charge on any atom is -0.265 e. The predicted molar refractivity (Wildman–Crippen MR) is 191 cm³/mol. The number of pyridine rings is 2. The van der Waals surface area contributed by atoms with Crippen LogP contribution in [0.15, 0.2) is 170 Å². The average molecular weight is 585 g/mol. The van der Waals surface area contributed by atoms with Crippen LogP contribution < -0.4 is 0 Å². The molecule has 0 bridgehead atoms. The van der Waals surface area contributed by atoms with Crippen molar-refractivity contribution in [2.75, 3.05) is 0 Å². The lowest BCUT2D eigenvalue weighted by molar-refractivity contribution is 1.32. The molecular weight excluding hydrogens is 556 g/mol. The standard InChI is InChI=1S/C44H28N2/c1-4-11-29(12-5-1)34-19-20-37-42-35(34)17-10-18-36(42)43-40(30-13-6-2-7-14-30)38(32-21-25-45-26-22-32)39(33-23-27-46-28-24-33)41(44(37)43)31-15-8-3-9-16-31/h1-28H. The van der Waals surface area contributed by atoms with E-state index >= 15 is 0 Å². The van der Waals surface area contributed by atoms with Gasteiger partial charge in [-0.15, -0.1) is 0 Å². The Morgan fingerprint density at radius 2 is 0.652 bits per heavy atom. The molecule has 214 valence electrons. The molecule has 0 saturated carbocycles. The van der Waals surface area contributed by atoms with E-state index in [-0.39, 0.29) is 0 Å². The van der Waals surface area contributed by atoms with Crippen molar-refractivity contribution in [3.8, 4) is 77.9 Å². The molecule has 0 amide bonds. The number of benzene rings is 6. The average Bonchev–Trinajstić information content (AvgIpc) is 3.47. The molecule has 8 aromatic rings. The van der Waals surface area contributed by atoms with Gasteiger partial charge in [0.05, 0.1) is 0 Å². The Labute approximate surface area is 268 Å². The summed E-state index contributed by atoms with van der Waals surface area (Å²) in [6.45, 7) is 0. The summed E-state index contributed by atoms with van der Waals surface area (Å²) in [7, 11) is 0. The molecule has 0 atom stereocenters. The molecule has 0 unspecified atom stereocenters. The second-order valence-electron chi connectivity index (χ2n) is 11.7. The van der Waals surface area contributed by atoms with Crippen molar-refractivity contribution in [1.29, 1.82) is 0 Å². The quantitative estimate of drug-likeness (QED) is 0.201. The number of nitrogens with zero attached hydrogens (tertiary/aromatic N) is 2. The maximum absolute atomic E-state index is 4.42. The second kappa shape index (κ2) is 10.8. The molecule has 2 heterocycles. The molecule has 0 fully saturated rings. The molecular formula is C44H28N2. The monoisotopic (exact) mass is 584 g/mol. The van der Waals surface area contributed by atoms with E-state index in [1.807, 2.05) is 24.8 Å². The van der Waals surface area contributed by atoms with E-state index in [0.717, 1.165) is 11.1 Å². The van der Waals surface area contributed by atoms with Gasteiger partial charge in [0.15, 0.2) is 0 Å². The molecule has 0 spiro atoms. The van der Waals surface area contributed by atoms with E-state index in [1.165, 1.54) is 77.5 Å². The third-order valence-corrected chi connectivity index (χ3v) is 9.23. The Bertz CT molecular complexity index is 2250. The van der Waals surface area contributed by atoms with E-state index in [4.69, 9.17) is 0 Å². The largest absolute Gasteiger partial charge is 0.265 e. The third-order valence-electron chi connectivity index (χ3n) is 9.23. The summed E-state index contributed by atoms with van der Waals surface area (Å²) in [5, 5.41) is 2.58. The normalized spacial score (nSPS) is 11.5. The molecule has 9 rings (SSSR count). The van der Waals surface area contributed by atoms with Gasteiger partial charge in [-0.3, -0.25) is 9.97 Å². The van der Waals surface area contributed by atoms with Gasteiger partial charge >= 0.3 is 0 Å². The summed E-state index contributed by atoms with van der Waals surface area (Å²) in [6, 6.07) is 52.6. The lowest BCUT2D eigenvalue weighted by Gasteiger charge is -2.26. The summed E-state index contributed by atoms with van der Waals surface area (Å²) in [5.41, 5.74) is 17.1. The first kappa shape index (κ1) is 26.3. The first-order valence-electron chi connectivity index (χ1n) is 15.7. The van der Waals surface area contributed by atoms with Crippen LogP contribution >= 0.6 is 0 Å². The first-order chi connectivity index (χ1) is 22.9. The molecule has 2 nitrogen and oxygen atoms in total. The summed E-state index contributed by atoms with van der Waals surface area (Å²) in [4.78, 5) is 8.84. The molecule has 0 saturated heterocycles.